The number of anilines is 1. The van der Waals surface area contributed by atoms with E-state index in [-0.39, 0.29) is 5.91 Å². The summed E-state index contributed by atoms with van der Waals surface area (Å²) in [5.41, 5.74) is 2.19. The largest absolute Gasteiger partial charge is 0.298 e. The van der Waals surface area contributed by atoms with Gasteiger partial charge in [-0.15, -0.1) is 11.3 Å². The van der Waals surface area contributed by atoms with Gasteiger partial charge in [0.05, 0.1) is 16.8 Å². The minimum Gasteiger partial charge on any atom is -0.298 e. The lowest BCUT2D eigenvalue weighted by atomic mass is 10.1. The molecule has 0 spiro atoms. The Hall–Kier alpha value is -2.27. The van der Waals surface area contributed by atoms with Crippen LogP contribution in [0.2, 0.25) is 0 Å². The molecule has 5 heteroatoms. The van der Waals surface area contributed by atoms with E-state index in [0.717, 1.165) is 10.9 Å². The summed E-state index contributed by atoms with van der Waals surface area (Å²) >= 11 is 1.39. The number of para-hydroxylation sites is 1. The van der Waals surface area contributed by atoms with Crippen molar-refractivity contribution in [1.29, 1.82) is 0 Å². The Labute approximate surface area is 114 Å². The quantitative estimate of drug-likeness (QED) is 0.777. The van der Waals surface area contributed by atoms with Gasteiger partial charge in [0.1, 0.15) is 0 Å². The number of nitrogens with zero attached hydrogens (tertiary/aromatic N) is 2. The molecule has 0 aliphatic heterocycles. The first-order valence-electron chi connectivity index (χ1n) is 5.81. The van der Waals surface area contributed by atoms with Crippen LogP contribution in [0.1, 0.15) is 16.1 Å². The Kier molecular flexibility index (Phi) is 2.97. The third-order valence-corrected chi connectivity index (χ3v) is 3.50. The molecule has 1 aromatic carbocycles. The molecule has 0 saturated carbocycles. The van der Waals surface area contributed by atoms with Crippen molar-refractivity contribution in [3.8, 4) is 0 Å². The lowest BCUT2D eigenvalue weighted by molar-refractivity contribution is 0.102. The second-order valence-corrected chi connectivity index (χ2v) is 5.00. The topological polar surface area (TPSA) is 54.9 Å². The molecule has 0 saturated heterocycles. The number of carbonyl (C=O) groups is 1. The summed E-state index contributed by atoms with van der Waals surface area (Å²) in [6.45, 7) is 1.84. The summed E-state index contributed by atoms with van der Waals surface area (Å²) in [6.07, 6.45) is 1.66. The molecule has 1 amide bonds. The number of aryl methyl sites for hydroxylation is 1. The molecule has 0 unspecified atom stereocenters. The van der Waals surface area contributed by atoms with Crippen molar-refractivity contribution in [3.63, 3.8) is 0 Å². The van der Waals surface area contributed by atoms with Gasteiger partial charge in [0.15, 0.2) is 5.13 Å². The van der Waals surface area contributed by atoms with Gasteiger partial charge >= 0.3 is 0 Å². The average molecular weight is 269 g/mol. The van der Waals surface area contributed by atoms with E-state index < -0.39 is 0 Å². The van der Waals surface area contributed by atoms with Crippen LogP contribution in [-0.2, 0) is 0 Å². The van der Waals surface area contributed by atoms with Gasteiger partial charge < -0.3 is 0 Å². The zero-order valence-electron chi connectivity index (χ0n) is 10.3. The van der Waals surface area contributed by atoms with E-state index in [1.165, 1.54) is 11.3 Å². The predicted octanol–water partition coefficient (Wildman–Crippen LogP) is 3.25. The minimum atomic E-state index is -0.175. The predicted molar refractivity (Wildman–Crippen MR) is 76.5 cm³/mol. The first-order chi connectivity index (χ1) is 9.24. The Morgan fingerprint density at radius 3 is 2.95 bits per heavy atom. The summed E-state index contributed by atoms with van der Waals surface area (Å²) in [5, 5.41) is 6.14. The van der Waals surface area contributed by atoms with Crippen molar-refractivity contribution in [1.82, 2.24) is 9.97 Å². The maximum absolute atomic E-state index is 12.2. The van der Waals surface area contributed by atoms with Crippen LogP contribution in [-0.4, -0.2) is 15.9 Å². The van der Waals surface area contributed by atoms with E-state index in [2.05, 4.69) is 15.3 Å². The number of nitrogens with one attached hydrogen (secondary N) is 1. The number of rotatable bonds is 2. The molecule has 3 rings (SSSR count). The fourth-order valence-electron chi connectivity index (χ4n) is 1.89. The Morgan fingerprint density at radius 1 is 1.32 bits per heavy atom. The number of hydrogen-bond acceptors (Lipinski definition) is 4. The maximum Gasteiger partial charge on any atom is 0.259 e. The lowest BCUT2D eigenvalue weighted by Crippen LogP contribution is -2.14. The van der Waals surface area contributed by atoms with E-state index >= 15 is 0 Å². The highest BCUT2D eigenvalue weighted by Crippen LogP contribution is 2.18. The number of amides is 1. The van der Waals surface area contributed by atoms with Crippen molar-refractivity contribution in [2.24, 2.45) is 0 Å². The summed E-state index contributed by atoms with van der Waals surface area (Å²) < 4.78 is 0. The monoisotopic (exact) mass is 269 g/mol. The summed E-state index contributed by atoms with van der Waals surface area (Å²) in [5.74, 6) is -0.175. The van der Waals surface area contributed by atoms with Crippen molar-refractivity contribution in [3.05, 3.63) is 53.2 Å². The third-order valence-electron chi connectivity index (χ3n) is 2.81. The summed E-state index contributed by atoms with van der Waals surface area (Å²) in [4.78, 5) is 20.7. The van der Waals surface area contributed by atoms with E-state index in [9.17, 15) is 4.79 Å². The zero-order valence-corrected chi connectivity index (χ0v) is 11.1. The molecule has 0 aliphatic carbocycles. The second kappa shape index (κ2) is 4.78. The molecule has 0 fully saturated rings. The number of pyridine rings is 1. The van der Waals surface area contributed by atoms with E-state index in [1.807, 2.05) is 42.6 Å². The molecule has 2 heterocycles. The number of aromatic nitrogens is 2. The molecule has 4 nitrogen and oxygen atoms in total. The van der Waals surface area contributed by atoms with Gasteiger partial charge in [-0.05, 0) is 19.1 Å². The number of fused-ring (bicyclic) bond motifs is 1. The Bertz CT molecular complexity index is 738. The van der Waals surface area contributed by atoms with E-state index in [0.29, 0.717) is 16.4 Å². The van der Waals surface area contributed by atoms with Crippen LogP contribution < -0.4 is 5.32 Å². The first kappa shape index (κ1) is 11.8. The highest BCUT2D eigenvalue weighted by molar-refractivity contribution is 7.13. The molecular formula is C14H11N3OS. The van der Waals surface area contributed by atoms with Crippen LogP contribution in [0.15, 0.2) is 41.9 Å². The van der Waals surface area contributed by atoms with Crippen LogP contribution in [0.3, 0.4) is 0 Å². The van der Waals surface area contributed by atoms with E-state index in [4.69, 9.17) is 0 Å². The number of thiazole rings is 1. The van der Waals surface area contributed by atoms with Crippen LogP contribution in [0.25, 0.3) is 10.9 Å². The number of benzene rings is 1. The molecule has 19 heavy (non-hydrogen) atoms. The molecule has 0 radical (unpaired) electrons. The molecule has 2 aromatic heterocycles. The lowest BCUT2D eigenvalue weighted by Gasteiger charge is -2.06. The van der Waals surface area contributed by atoms with Crippen LogP contribution in [0, 0.1) is 6.92 Å². The summed E-state index contributed by atoms with van der Waals surface area (Å²) in [7, 11) is 0. The van der Waals surface area contributed by atoms with Gasteiger partial charge in [0.25, 0.3) is 5.91 Å². The van der Waals surface area contributed by atoms with Crippen LogP contribution in [0.4, 0.5) is 5.13 Å². The van der Waals surface area contributed by atoms with E-state index in [1.54, 1.807) is 6.20 Å². The van der Waals surface area contributed by atoms with Crippen molar-refractivity contribution < 1.29 is 4.79 Å². The highest BCUT2D eigenvalue weighted by atomic mass is 32.1. The van der Waals surface area contributed by atoms with Gasteiger partial charge in [0, 0.05) is 17.0 Å². The second-order valence-electron chi connectivity index (χ2n) is 4.11. The molecular weight excluding hydrogens is 258 g/mol. The normalized spacial score (nSPS) is 10.6. The fraction of sp³-hybridized carbons (Fsp3) is 0.0714. The Morgan fingerprint density at radius 2 is 2.16 bits per heavy atom. The smallest absolute Gasteiger partial charge is 0.259 e. The summed E-state index contributed by atoms with van der Waals surface area (Å²) in [6, 6.07) is 9.61. The van der Waals surface area contributed by atoms with Crippen LogP contribution >= 0.6 is 11.3 Å². The third kappa shape index (κ3) is 2.32. The highest BCUT2D eigenvalue weighted by Gasteiger charge is 2.12. The Balaban J connectivity index is 1.99. The van der Waals surface area contributed by atoms with Crippen molar-refractivity contribution in [2.45, 2.75) is 6.92 Å². The molecule has 0 aliphatic rings. The number of carbonyl (C=O) groups excluding carboxylic acids is 1. The first-order valence-corrected chi connectivity index (χ1v) is 6.69. The number of hydrogen-bond donors (Lipinski definition) is 1. The van der Waals surface area contributed by atoms with Gasteiger partial charge in [-0.3, -0.25) is 15.1 Å². The SMILES string of the molecule is Cc1nc2ccccc2cc1C(=O)Nc1nccs1. The molecule has 1 N–H and O–H groups in total. The van der Waals surface area contributed by atoms with Crippen molar-refractivity contribution >= 4 is 33.3 Å². The average Bonchev–Trinajstić information content (AvgIpc) is 2.90. The maximum atomic E-state index is 12.2. The minimum absolute atomic E-state index is 0.175. The zero-order chi connectivity index (χ0) is 13.2. The van der Waals surface area contributed by atoms with Gasteiger partial charge in [-0.2, -0.15) is 0 Å². The van der Waals surface area contributed by atoms with Gasteiger partial charge in [0.2, 0.25) is 0 Å². The van der Waals surface area contributed by atoms with Crippen LogP contribution in [0.5, 0.6) is 0 Å². The van der Waals surface area contributed by atoms with Crippen molar-refractivity contribution in [2.75, 3.05) is 5.32 Å². The molecule has 3 aromatic rings. The van der Waals surface area contributed by atoms with Gasteiger partial charge in [-0.25, -0.2) is 4.98 Å². The van der Waals surface area contributed by atoms with Gasteiger partial charge in [-0.1, -0.05) is 18.2 Å². The fourth-order valence-corrected chi connectivity index (χ4v) is 2.42. The molecule has 0 bridgehead atoms. The molecule has 0 atom stereocenters. The molecule has 94 valence electrons. The standard InChI is InChI=1S/C14H11N3OS/c1-9-11(13(18)17-14-15-6-7-19-14)8-10-4-2-3-5-12(10)16-9/h2-8H,1H3,(H,15,17,18).